The van der Waals surface area contributed by atoms with Gasteiger partial charge in [0.2, 0.25) is 5.91 Å². The Kier molecular flexibility index (Phi) is 5.15. The standard InChI is InChI=1S/C16H18F3N3O4/c1-9(2)8-12(23)20-15(16(17,18)19)13(24)22(14(25)21-15)10-4-6-11(26-3)7-5-10/h4-7,9H,8H2,1-3H3,(H,20,23)(H,21,25)/t15-/m1/s1. The van der Waals surface area contributed by atoms with Gasteiger partial charge in [0.05, 0.1) is 12.8 Å². The molecule has 4 amide bonds. The summed E-state index contributed by atoms with van der Waals surface area (Å²) in [6, 6.07) is 4.02. The van der Waals surface area contributed by atoms with Crippen LogP contribution in [-0.4, -0.2) is 36.8 Å². The fourth-order valence-electron chi connectivity index (χ4n) is 2.47. The maximum absolute atomic E-state index is 13.6. The first-order chi connectivity index (χ1) is 12.0. The van der Waals surface area contributed by atoms with Gasteiger partial charge in [-0.15, -0.1) is 0 Å². The van der Waals surface area contributed by atoms with Gasteiger partial charge in [0, 0.05) is 6.42 Å². The van der Waals surface area contributed by atoms with E-state index < -0.39 is 29.7 Å². The van der Waals surface area contributed by atoms with E-state index in [4.69, 9.17) is 4.74 Å². The van der Waals surface area contributed by atoms with Crippen molar-refractivity contribution in [3.63, 3.8) is 0 Å². The van der Waals surface area contributed by atoms with Crippen molar-refractivity contribution in [2.45, 2.75) is 32.1 Å². The van der Waals surface area contributed by atoms with Gasteiger partial charge in [-0.2, -0.15) is 13.2 Å². The molecule has 1 aliphatic heterocycles. The smallest absolute Gasteiger partial charge is 0.440 e. The number of ether oxygens (including phenoxy) is 1. The SMILES string of the molecule is COc1ccc(N2C(=O)N[C@@](NC(=O)CC(C)C)(C(F)(F)F)C2=O)cc1. The number of amides is 4. The second kappa shape index (κ2) is 6.85. The Morgan fingerprint density at radius 3 is 2.31 bits per heavy atom. The van der Waals surface area contributed by atoms with Crippen LogP contribution < -0.4 is 20.3 Å². The van der Waals surface area contributed by atoms with Crippen molar-refractivity contribution in [1.82, 2.24) is 10.6 Å². The Bertz CT molecular complexity index is 718. The fourth-order valence-corrected chi connectivity index (χ4v) is 2.47. The minimum absolute atomic E-state index is 0.0856. The number of rotatable bonds is 5. The summed E-state index contributed by atoms with van der Waals surface area (Å²) in [5.41, 5.74) is -3.59. The van der Waals surface area contributed by atoms with Crippen LogP contribution in [0.3, 0.4) is 0 Å². The Hall–Kier alpha value is -2.78. The molecule has 0 unspecified atom stereocenters. The first-order valence-electron chi connectivity index (χ1n) is 7.70. The number of urea groups is 1. The van der Waals surface area contributed by atoms with Crippen LogP contribution in [0.1, 0.15) is 20.3 Å². The highest BCUT2D eigenvalue weighted by molar-refractivity contribution is 6.24. The van der Waals surface area contributed by atoms with E-state index in [9.17, 15) is 27.6 Å². The maximum Gasteiger partial charge on any atom is 0.440 e. The van der Waals surface area contributed by atoms with E-state index in [1.54, 1.807) is 24.5 Å². The number of imide groups is 1. The molecule has 7 nitrogen and oxygen atoms in total. The molecule has 1 fully saturated rings. The lowest BCUT2D eigenvalue weighted by atomic mass is 10.1. The molecule has 0 aliphatic carbocycles. The van der Waals surface area contributed by atoms with Crippen molar-refractivity contribution in [2.24, 2.45) is 5.92 Å². The van der Waals surface area contributed by atoms with Gasteiger partial charge >= 0.3 is 12.2 Å². The van der Waals surface area contributed by atoms with E-state index in [1.165, 1.54) is 31.4 Å². The van der Waals surface area contributed by atoms with Gasteiger partial charge in [0.25, 0.3) is 11.6 Å². The number of carbonyl (C=O) groups is 3. The molecule has 1 aromatic rings. The predicted molar refractivity (Wildman–Crippen MR) is 85.4 cm³/mol. The average Bonchev–Trinajstić information content (AvgIpc) is 2.78. The van der Waals surface area contributed by atoms with Crippen molar-refractivity contribution in [3.05, 3.63) is 24.3 Å². The van der Waals surface area contributed by atoms with Crippen LogP contribution in [-0.2, 0) is 9.59 Å². The topological polar surface area (TPSA) is 87.7 Å². The molecule has 0 spiro atoms. The average molecular weight is 373 g/mol. The van der Waals surface area contributed by atoms with Crippen LogP contribution in [0.4, 0.5) is 23.7 Å². The van der Waals surface area contributed by atoms with Crippen LogP contribution >= 0.6 is 0 Å². The lowest BCUT2D eigenvalue weighted by Crippen LogP contribution is -2.69. The lowest BCUT2D eigenvalue weighted by molar-refractivity contribution is -0.201. The summed E-state index contributed by atoms with van der Waals surface area (Å²) in [5.74, 6) is -2.46. The molecule has 2 rings (SSSR count). The quantitative estimate of drug-likeness (QED) is 0.775. The van der Waals surface area contributed by atoms with Gasteiger partial charge in [-0.1, -0.05) is 13.8 Å². The normalized spacial score (nSPS) is 20.3. The number of methoxy groups -OCH3 is 1. The number of benzene rings is 1. The summed E-state index contributed by atoms with van der Waals surface area (Å²) in [6.45, 7) is 3.27. The highest BCUT2D eigenvalue weighted by Crippen LogP contribution is 2.36. The summed E-state index contributed by atoms with van der Waals surface area (Å²) < 4.78 is 45.9. The molecular formula is C16H18F3N3O4. The van der Waals surface area contributed by atoms with E-state index in [0.717, 1.165) is 0 Å². The summed E-state index contributed by atoms with van der Waals surface area (Å²) >= 11 is 0. The number of halogens is 3. The molecule has 10 heteroatoms. The van der Waals surface area contributed by atoms with Crippen LogP contribution in [0.5, 0.6) is 5.75 Å². The molecule has 1 heterocycles. The van der Waals surface area contributed by atoms with Crippen molar-refractivity contribution in [2.75, 3.05) is 12.0 Å². The minimum Gasteiger partial charge on any atom is -0.497 e. The summed E-state index contributed by atoms with van der Waals surface area (Å²) in [5, 5.41) is 3.24. The molecule has 1 saturated heterocycles. The number of alkyl halides is 3. The molecule has 0 aromatic heterocycles. The number of anilines is 1. The fraction of sp³-hybridized carbons (Fsp3) is 0.438. The maximum atomic E-state index is 13.6. The zero-order valence-corrected chi connectivity index (χ0v) is 14.3. The second-order valence-corrected chi connectivity index (χ2v) is 6.16. The monoisotopic (exact) mass is 373 g/mol. The third kappa shape index (κ3) is 3.44. The molecule has 0 radical (unpaired) electrons. The Morgan fingerprint density at radius 2 is 1.85 bits per heavy atom. The Morgan fingerprint density at radius 1 is 1.27 bits per heavy atom. The highest BCUT2D eigenvalue weighted by atomic mass is 19.4. The van der Waals surface area contributed by atoms with Gasteiger partial charge in [0.15, 0.2) is 0 Å². The van der Waals surface area contributed by atoms with Gasteiger partial charge in [-0.05, 0) is 30.2 Å². The molecule has 1 aliphatic rings. The molecule has 1 atom stereocenters. The number of carbonyl (C=O) groups excluding carboxylic acids is 3. The lowest BCUT2D eigenvalue weighted by Gasteiger charge is -2.30. The second-order valence-electron chi connectivity index (χ2n) is 6.16. The van der Waals surface area contributed by atoms with E-state index in [2.05, 4.69) is 0 Å². The van der Waals surface area contributed by atoms with Crippen LogP contribution in [0.2, 0.25) is 0 Å². The predicted octanol–water partition coefficient (Wildman–Crippen LogP) is 2.17. The van der Waals surface area contributed by atoms with Gasteiger partial charge in [-0.3, -0.25) is 14.9 Å². The first kappa shape index (κ1) is 19.5. The molecule has 1 aromatic carbocycles. The van der Waals surface area contributed by atoms with Crippen LogP contribution in [0, 0.1) is 5.92 Å². The first-order valence-corrected chi connectivity index (χ1v) is 7.70. The molecular weight excluding hydrogens is 355 g/mol. The highest BCUT2D eigenvalue weighted by Gasteiger charge is 2.69. The number of hydrogen-bond acceptors (Lipinski definition) is 4. The van der Waals surface area contributed by atoms with Crippen molar-refractivity contribution in [1.29, 1.82) is 0 Å². The third-order valence-corrected chi connectivity index (χ3v) is 3.70. The number of nitrogens with zero attached hydrogens (tertiary/aromatic N) is 1. The largest absolute Gasteiger partial charge is 0.497 e. The zero-order valence-electron chi connectivity index (χ0n) is 14.3. The molecule has 2 N–H and O–H groups in total. The van der Waals surface area contributed by atoms with E-state index in [0.29, 0.717) is 10.6 Å². The van der Waals surface area contributed by atoms with E-state index >= 15 is 0 Å². The Balaban J connectivity index is 2.40. The zero-order chi connectivity index (χ0) is 19.7. The van der Waals surface area contributed by atoms with Crippen molar-refractivity contribution < 1.29 is 32.3 Å². The summed E-state index contributed by atoms with van der Waals surface area (Å²) in [6.07, 6.45) is -5.46. The molecule has 26 heavy (non-hydrogen) atoms. The number of nitrogens with one attached hydrogen (secondary N) is 2. The molecule has 142 valence electrons. The van der Waals surface area contributed by atoms with Gasteiger partial charge < -0.3 is 10.1 Å². The van der Waals surface area contributed by atoms with E-state index in [-0.39, 0.29) is 18.0 Å². The third-order valence-electron chi connectivity index (χ3n) is 3.70. The van der Waals surface area contributed by atoms with Crippen molar-refractivity contribution >= 4 is 23.5 Å². The summed E-state index contributed by atoms with van der Waals surface area (Å²) in [7, 11) is 1.39. The van der Waals surface area contributed by atoms with E-state index in [1.807, 2.05) is 0 Å². The molecule has 0 bridgehead atoms. The summed E-state index contributed by atoms with van der Waals surface area (Å²) in [4.78, 5) is 36.9. The number of hydrogen-bond donors (Lipinski definition) is 2. The van der Waals surface area contributed by atoms with Crippen molar-refractivity contribution in [3.8, 4) is 5.75 Å². The minimum atomic E-state index is -5.23. The Labute approximate surface area is 147 Å². The van der Waals surface area contributed by atoms with Gasteiger partial charge in [-0.25, -0.2) is 9.69 Å². The van der Waals surface area contributed by atoms with Gasteiger partial charge in [0.1, 0.15) is 5.75 Å². The van der Waals surface area contributed by atoms with Crippen LogP contribution in [0.25, 0.3) is 0 Å². The van der Waals surface area contributed by atoms with Crippen LogP contribution in [0.15, 0.2) is 24.3 Å². The molecule has 0 saturated carbocycles.